The number of amidine groups is 1. The van der Waals surface area contributed by atoms with Crippen LogP contribution >= 0.6 is 0 Å². The van der Waals surface area contributed by atoms with Gasteiger partial charge in [-0.1, -0.05) is 45.2 Å². The first-order chi connectivity index (χ1) is 9.63. The molecule has 1 heterocycles. The van der Waals surface area contributed by atoms with Gasteiger partial charge in [0.1, 0.15) is 5.84 Å². The fraction of sp³-hybridized carbons (Fsp3) is 0.500. The molecule has 1 atom stereocenters. The van der Waals surface area contributed by atoms with E-state index in [1.807, 2.05) is 19.1 Å². The zero-order valence-corrected chi connectivity index (χ0v) is 14.0. The van der Waals surface area contributed by atoms with E-state index in [9.17, 15) is 0 Å². The summed E-state index contributed by atoms with van der Waals surface area (Å²) < 4.78 is 0. The molecule has 0 amide bonds. The summed E-state index contributed by atoms with van der Waals surface area (Å²) in [6, 6.07) is 0. The van der Waals surface area contributed by atoms with Gasteiger partial charge in [0.15, 0.2) is 0 Å². The molecule has 1 rings (SSSR count). The zero-order chi connectivity index (χ0) is 16.3. The largest absolute Gasteiger partial charge is 0.368 e. The van der Waals surface area contributed by atoms with E-state index < -0.39 is 5.54 Å². The van der Waals surface area contributed by atoms with Crippen LogP contribution < -0.4 is 11.1 Å². The van der Waals surface area contributed by atoms with Crippen molar-refractivity contribution in [2.45, 2.75) is 52.1 Å². The van der Waals surface area contributed by atoms with E-state index in [0.717, 1.165) is 23.5 Å². The van der Waals surface area contributed by atoms with Crippen LogP contribution in [0.1, 0.15) is 41.0 Å². The third-order valence-electron chi connectivity index (χ3n) is 3.55. The van der Waals surface area contributed by atoms with E-state index in [1.54, 1.807) is 12.2 Å². The van der Waals surface area contributed by atoms with Gasteiger partial charge in [0.25, 0.3) is 0 Å². The first-order valence-corrected chi connectivity index (χ1v) is 7.45. The highest BCUT2D eigenvalue weighted by Gasteiger charge is 2.35. The zero-order valence-electron chi connectivity index (χ0n) is 14.0. The SMILES string of the molecule is C=C\C=C/C1=C(C=C)/N=C(/C(C)C)NC(C)(C)CC1(C)N. The molecule has 0 saturated carbocycles. The van der Waals surface area contributed by atoms with Crippen LogP contribution in [-0.4, -0.2) is 16.9 Å². The number of nitrogens with one attached hydrogen (secondary N) is 1. The molecule has 0 saturated heterocycles. The van der Waals surface area contributed by atoms with Crippen molar-refractivity contribution in [3.63, 3.8) is 0 Å². The van der Waals surface area contributed by atoms with Gasteiger partial charge in [-0.15, -0.1) is 0 Å². The third kappa shape index (κ3) is 4.43. The predicted octanol–water partition coefficient (Wildman–Crippen LogP) is 3.71. The number of hydrogen-bond donors (Lipinski definition) is 2. The summed E-state index contributed by atoms with van der Waals surface area (Å²) in [5, 5.41) is 3.54. The molecule has 21 heavy (non-hydrogen) atoms. The number of allylic oxidation sites excluding steroid dienone is 3. The molecule has 0 aromatic rings. The Hall–Kier alpha value is -1.61. The molecule has 1 aliphatic heterocycles. The van der Waals surface area contributed by atoms with Gasteiger partial charge in [0, 0.05) is 17.0 Å². The lowest BCUT2D eigenvalue weighted by Gasteiger charge is -2.40. The van der Waals surface area contributed by atoms with Gasteiger partial charge in [-0.2, -0.15) is 0 Å². The Kier molecular flexibility index (Phi) is 5.35. The molecule has 3 nitrogen and oxygen atoms in total. The quantitative estimate of drug-likeness (QED) is 0.774. The van der Waals surface area contributed by atoms with Crippen molar-refractivity contribution in [3.8, 4) is 0 Å². The minimum absolute atomic E-state index is 0.132. The summed E-state index contributed by atoms with van der Waals surface area (Å²) in [4.78, 5) is 4.78. The molecule has 0 aromatic heterocycles. The Morgan fingerprint density at radius 1 is 1.29 bits per heavy atom. The molecule has 0 aliphatic carbocycles. The van der Waals surface area contributed by atoms with Crippen LogP contribution in [0.5, 0.6) is 0 Å². The molecule has 0 aromatic carbocycles. The standard InChI is InChI=1S/C18H29N3/c1-8-10-11-14-15(9-2)20-16(13(3)4)21-17(5,6)12-18(14,7)19/h8-11,13H,1-2,12,19H2,3-7H3,(H,20,21)/b11-10-,15-14-. The van der Waals surface area contributed by atoms with Crippen molar-refractivity contribution < 1.29 is 0 Å². The molecule has 3 N–H and O–H groups in total. The van der Waals surface area contributed by atoms with Gasteiger partial charge in [0.2, 0.25) is 0 Å². The molecule has 116 valence electrons. The van der Waals surface area contributed by atoms with Gasteiger partial charge in [-0.25, -0.2) is 4.99 Å². The summed E-state index contributed by atoms with van der Waals surface area (Å²) in [5.41, 5.74) is 7.78. The van der Waals surface area contributed by atoms with Gasteiger partial charge >= 0.3 is 0 Å². The van der Waals surface area contributed by atoms with E-state index in [2.05, 4.69) is 46.2 Å². The molecule has 3 heteroatoms. The van der Waals surface area contributed by atoms with E-state index in [0.29, 0.717) is 5.92 Å². The van der Waals surface area contributed by atoms with Crippen molar-refractivity contribution >= 4 is 5.84 Å². The summed E-state index contributed by atoms with van der Waals surface area (Å²) in [7, 11) is 0. The highest BCUT2D eigenvalue weighted by molar-refractivity contribution is 5.86. The Bertz CT molecular complexity index is 503. The summed E-state index contributed by atoms with van der Waals surface area (Å²) in [6.45, 7) is 18.2. The number of nitrogens with zero attached hydrogens (tertiary/aromatic N) is 1. The topological polar surface area (TPSA) is 50.4 Å². The molecule has 0 bridgehead atoms. The first-order valence-electron chi connectivity index (χ1n) is 7.45. The van der Waals surface area contributed by atoms with E-state index in [1.165, 1.54) is 0 Å². The maximum Gasteiger partial charge on any atom is 0.105 e. The maximum atomic E-state index is 6.59. The van der Waals surface area contributed by atoms with Crippen LogP contribution in [-0.2, 0) is 0 Å². The number of rotatable bonds is 4. The van der Waals surface area contributed by atoms with Crippen molar-refractivity contribution in [1.29, 1.82) is 0 Å². The minimum atomic E-state index is -0.495. The van der Waals surface area contributed by atoms with Crippen molar-refractivity contribution in [1.82, 2.24) is 5.32 Å². The van der Waals surface area contributed by atoms with Crippen LogP contribution in [0, 0.1) is 5.92 Å². The summed E-state index contributed by atoms with van der Waals surface area (Å²) in [6.07, 6.45) is 8.21. The van der Waals surface area contributed by atoms with Crippen LogP contribution in [0.2, 0.25) is 0 Å². The number of hydrogen-bond acceptors (Lipinski definition) is 3. The van der Waals surface area contributed by atoms with Crippen LogP contribution in [0.4, 0.5) is 0 Å². The van der Waals surface area contributed by atoms with Crippen LogP contribution in [0.25, 0.3) is 0 Å². The average molecular weight is 287 g/mol. The minimum Gasteiger partial charge on any atom is -0.368 e. The van der Waals surface area contributed by atoms with Gasteiger partial charge < -0.3 is 11.1 Å². The monoisotopic (exact) mass is 287 g/mol. The second-order valence-corrected chi connectivity index (χ2v) is 6.85. The molecule has 1 aliphatic rings. The van der Waals surface area contributed by atoms with Crippen molar-refractivity contribution in [2.75, 3.05) is 0 Å². The Labute approximate surface area is 129 Å². The smallest absolute Gasteiger partial charge is 0.105 e. The number of nitrogens with two attached hydrogens (primary N) is 1. The Balaban J connectivity index is 3.56. The highest BCUT2D eigenvalue weighted by Crippen LogP contribution is 2.31. The van der Waals surface area contributed by atoms with E-state index >= 15 is 0 Å². The maximum absolute atomic E-state index is 6.59. The molecule has 0 spiro atoms. The lowest BCUT2D eigenvalue weighted by Crippen LogP contribution is -2.54. The second-order valence-electron chi connectivity index (χ2n) is 6.85. The van der Waals surface area contributed by atoms with Crippen molar-refractivity contribution in [2.24, 2.45) is 16.6 Å². The second kappa shape index (κ2) is 6.44. The number of aliphatic imine (C=N–C) groups is 1. The van der Waals surface area contributed by atoms with Gasteiger partial charge in [0.05, 0.1) is 5.70 Å². The third-order valence-corrected chi connectivity index (χ3v) is 3.55. The fourth-order valence-electron chi connectivity index (χ4n) is 2.78. The highest BCUT2D eigenvalue weighted by atomic mass is 15.1. The molecular formula is C18H29N3. The lowest BCUT2D eigenvalue weighted by molar-refractivity contribution is 0.333. The van der Waals surface area contributed by atoms with Crippen molar-refractivity contribution in [3.05, 3.63) is 48.7 Å². The van der Waals surface area contributed by atoms with E-state index in [4.69, 9.17) is 10.7 Å². The summed E-state index contributed by atoms with van der Waals surface area (Å²) in [5.74, 6) is 1.28. The molecule has 1 unspecified atom stereocenters. The van der Waals surface area contributed by atoms with Gasteiger partial charge in [-0.05, 0) is 38.8 Å². The summed E-state index contributed by atoms with van der Waals surface area (Å²) >= 11 is 0. The average Bonchev–Trinajstić information content (AvgIpc) is 2.33. The first kappa shape index (κ1) is 17.4. The predicted molar refractivity (Wildman–Crippen MR) is 93.3 cm³/mol. The molecule has 0 radical (unpaired) electrons. The molecular weight excluding hydrogens is 258 g/mol. The lowest BCUT2D eigenvalue weighted by atomic mass is 9.79. The van der Waals surface area contributed by atoms with Gasteiger partial charge in [-0.3, -0.25) is 0 Å². The molecule has 0 fully saturated rings. The van der Waals surface area contributed by atoms with Crippen LogP contribution in [0.3, 0.4) is 0 Å². The van der Waals surface area contributed by atoms with Crippen LogP contribution in [0.15, 0.2) is 53.7 Å². The Morgan fingerprint density at radius 3 is 2.38 bits per heavy atom. The van der Waals surface area contributed by atoms with E-state index in [-0.39, 0.29) is 5.54 Å². The Morgan fingerprint density at radius 2 is 1.90 bits per heavy atom. The fourth-order valence-corrected chi connectivity index (χ4v) is 2.78. The normalized spacial score (nSPS) is 32.0.